The maximum Gasteiger partial charge on any atom is 0.278 e. The van der Waals surface area contributed by atoms with Crippen molar-refractivity contribution in [3.63, 3.8) is 0 Å². The summed E-state index contributed by atoms with van der Waals surface area (Å²) in [4.78, 5) is 39.2. The van der Waals surface area contributed by atoms with Crippen LogP contribution in [-0.4, -0.2) is 36.8 Å². The number of imide groups is 1. The first-order chi connectivity index (χ1) is 12.5. The zero-order valence-corrected chi connectivity index (χ0v) is 14.1. The fourth-order valence-corrected chi connectivity index (χ4v) is 2.93. The molecule has 130 valence electrons. The molecule has 0 aromatic carbocycles. The normalized spacial score (nSPS) is 13.4. The Morgan fingerprint density at radius 2 is 1.77 bits per heavy atom. The highest BCUT2D eigenvalue weighted by atomic mass is 16.5. The van der Waals surface area contributed by atoms with Crippen molar-refractivity contribution in [3.8, 4) is 11.6 Å². The molecule has 2 amide bonds. The minimum absolute atomic E-state index is 0.0600. The van der Waals surface area contributed by atoms with Gasteiger partial charge in [-0.05, 0) is 31.5 Å². The van der Waals surface area contributed by atoms with Crippen LogP contribution in [0.25, 0.3) is 11.6 Å². The maximum atomic E-state index is 12.9. The van der Waals surface area contributed by atoms with E-state index in [2.05, 4.69) is 20.1 Å². The molecule has 0 bridgehead atoms. The number of hydrogen-bond acceptors (Lipinski definition) is 8. The van der Waals surface area contributed by atoms with Gasteiger partial charge in [0, 0.05) is 12.4 Å². The van der Waals surface area contributed by atoms with Crippen LogP contribution in [0.2, 0.25) is 0 Å². The van der Waals surface area contributed by atoms with Gasteiger partial charge in [0.1, 0.15) is 0 Å². The molecule has 0 spiro atoms. The Morgan fingerprint density at radius 1 is 1.08 bits per heavy atom. The van der Waals surface area contributed by atoms with Gasteiger partial charge in [0.25, 0.3) is 17.7 Å². The van der Waals surface area contributed by atoms with Gasteiger partial charge in [-0.15, -0.1) is 0 Å². The molecule has 0 saturated carbocycles. The number of carbonyl (C=O) groups excluding carboxylic acids is 2. The predicted molar refractivity (Wildman–Crippen MR) is 89.9 cm³/mol. The largest absolute Gasteiger partial charge is 0.396 e. The summed E-state index contributed by atoms with van der Waals surface area (Å²) in [6.45, 7) is 3.43. The number of carbonyl (C=O) groups is 2. The summed E-state index contributed by atoms with van der Waals surface area (Å²) >= 11 is 0. The van der Waals surface area contributed by atoms with Gasteiger partial charge in [0.15, 0.2) is 11.5 Å². The van der Waals surface area contributed by atoms with Gasteiger partial charge in [0.05, 0.1) is 29.1 Å². The van der Waals surface area contributed by atoms with E-state index in [-0.39, 0.29) is 34.9 Å². The molecule has 0 saturated heterocycles. The first-order valence-electron chi connectivity index (χ1n) is 7.83. The minimum atomic E-state index is -0.470. The second kappa shape index (κ2) is 5.73. The molecule has 4 heterocycles. The molecular formula is C17H14N6O3. The monoisotopic (exact) mass is 350 g/mol. The molecule has 9 nitrogen and oxygen atoms in total. The molecule has 1 aliphatic rings. The highest BCUT2D eigenvalue weighted by Gasteiger charge is 2.40. The van der Waals surface area contributed by atoms with Gasteiger partial charge in [-0.3, -0.25) is 19.5 Å². The van der Waals surface area contributed by atoms with E-state index in [9.17, 15) is 9.59 Å². The molecule has 2 N–H and O–H groups in total. The van der Waals surface area contributed by atoms with Crippen LogP contribution in [0.5, 0.6) is 0 Å². The van der Waals surface area contributed by atoms with E-state index in [1.54, 1.807) is 38.4 Å². The third-order valence-electron chi connectivity index (χ3n) is 4.15. The van der Waals surface area contributed by atoms with E-state index >= 15 is 0 Å². The molecule has 4 rings (SSSR count). The Labute approximate surface area is 147 Å². The summed E-state index contributed by atoms with van der Waals surface area (Å²) in [5.41, 5.74) is 7.92. The lowest BCUT2D eigenvalue weighted by Gasteiger charge is -2.13. The van der Waals surface area contributed by atoms with E-state index in [0.717, 1.165) is 10.5 Å². The minimum Gasteiger partial charge on any atom is -0.396 e. The third kappa shape index (κ3) is 2.32. The summed E-state index contributed by atoms with van der Waals surface area (Å²) in [5.74, 6) is -0.367. The van der Waals surface area contributed by atoms with Gasteiger partial charge >= 0.3 is 0 Å². The van der Waals surface area contributed by atoms with Crippen molar-refractivity contribution in [1.29, 1.82) is 0 Å². The lowest BCUT2D eigenvalue weighted by atomic mass is 10.0. The Morgan fingerprint density at radius 3 is 2.42 bits per heavy atom. The van der Waals surface area contributed by atoms with Crippen LogP contribution in [0.3, 0.4) is 0 Å². The molecular weight excluding hydrogens is 336 g/mol. The van der Waals surface area contributed by atoms with Crippen molar-refractivity contribution in [2.75, 3.05) is 5.73 Å². The lowest BCUT2D eigenvalue weighted by molar-refractivity contribution is 0.0642. The Hall–Kier alpha value is -3.62. The van der Waals surface area contributed by atoms with Crippen molar-refractivity contribution in [1.82, 2.24) is 25.0 Å². The fraction of sp³-hybridized carbons (Fsp3) is 0.176. The van der Waals surface area contributed by atoms with Crippen molar-refractivity contribution in [2.24, 2.45) is 0 Å². The number of nitrogens with two attached hydrogens (primary N) is 1. The van der Waals surface area contributed by atoms with E-state index in [1.807, 2.05) is 0 Å². The number of anilines is 1. The molecule has 1 aliphatic heterocycles. The van der Waals surface area contributed by atoms with Gasteiger partial charge in [0.2, 0.25) is 0 Å². The number of nitrogens with zero attached hydrogens (tertiary/aromatic N) is 5. The summed E-state index contributed by atoms with van der Waals surface area (Å²) in [6, 6.07) is 3.48. The molecule has 9 heteroatoms. The van der Waals surface area contributed by atoms with Crippen molar-refractivity contribution in [2.45, 2.75) is 20.4 Å². The number of pyridine rings is 2. The summed E-state index contributed by atoms with van der Waals surface area (Å²) in [7, 11) is 0. The summed E-state index contributed by atoms with van der Waals surface area (Å²) in [6.07, 6.45) is 3.20. The Bertz CT molecular complexity index is 1040. The standard InChI is InChI=1S/C17H14N6O3/c1-8-11-12(13(18)14(20-8)15-21-9(2)22-26-15)17(25)23(16(11)24)7-10-3-5-19-6-4-10/h3-6H,7,18H2,1-2H3. The number of aryl methyl sites for hydroxylation is 2. The molecule has 3 aromatic rings. The predicted octanol–water partition coefficient (Wildman–Crippen LogP) is 1.52. The van der Waals surface area contributed by atoms with Crippen LogP contribution >= 0.6 is 0 Å². The van der Waals surface area contributed by atoms with E-state index in [4.69, 9.17) is 10.3 Å². The SMILES string of the molecule is Cc1noc(-c2nc(C)c3c(c2N)C(=O)N(Cc2ccncc2)C3=O)n1. The fourth-order valence-electron chi connectivity index (χ4n) is 2.93. The number of fused-ring (bicyclic) bond motifs is 1. The highest BCUT2D eigenvalue weighted by Crippen LogP contribution is 2.35. The molecule has 0 unspecified atom stereocenters. The number of hydrogen-bond donors (Lipinski definition) is 1. The quantitative estimate of drug-likeness (QED) is 0.704. The number of rotatable bonds is 3. The van der Waals surface area contributed by atoms with Crippen LogP contribution in [0.4, 0.5) is 5.69 Å². The van der Waals surface area contributed by atoms with Gasteiger partial charge in [-0.25, -0.2) is 4.98 Å². The van der Waals surface area contributed by atoms with E-state index in [0.29, 0.717) is 11.5 Å². The lowest BCUT2D eigenvalue weighted by Crippen LogP contribution is -2.29. The smallest absolute Gasteiger partial charge is 0.278 e. The molecule has 0 atom stereocenters. The molecule has 0 radical (unpaired) electrons. The molecule has 3 aromatic heterocycles. The zero-order valence-electron chi connectivity index (χ0n) is 14.1. The molecule has 0 aliphatic carbocycles. The number of aromatic nitrogens is 4. The average Bonchev–Trinajstić information content (AvgIpc) is 3.16. The van der Waals surface area contributed by atoms with Crippen molar-refractivity contribution < 1.29 is 14.1 Å². The average molecular weight is 350 g/mol. The zero-order chi connectivity index (χ0) is 18.4. The number of amides is 2. The van der Waals surface area contributed by atoms with Crippen LogP contribution in [0.1, 0.15) is 37.8 Å². The van der Waals surface area contributed by atoms with Gasteiger partial charge in [-0.2, -0.15) is 4.98 Å². The topological polar surface area (TPSA) is 128 Å². The van der Waals surface area contributed by atoms with Gasteiger partial charge in [-0.1, -0.05) is 5.16 Å². The highest BCUT2D eigenvalue weighted by molar-refractivity contribution is 6.24. The van der Waals surface area contributed by atoms with Crippen LogP contribution in [-0.2, 0) is 6.54 Å². The Balaban J connectivity index is 1.80. The molecule has 26 heavy (non-hydrogen) atoms. The second-order valence-corrected chi connectivity index (χ2v) is 5.91. The Kier molecular flexibility index (Phi) is 3.50. The van der Waals surface area contributed by atoms with Crippen LogP contribution in [0, 0.1) is 13.8 Å². The van der Waals surface area contributed by atoms with Crippen molar-refractivity contribution in [3.05, 3.63) is 52.7 Å². The summed E-state index contributed by atoms with van der Waals surface area (Å²) < 4.78 is 5.11. The van der Waals surface area contributed by atoms with E-state index < -0.39 is 11.8 Å². The molecule has 0 fully saturated rings. The maximum absolute atomic E-state index is 12.9. The van der Waals surface area contributed by atoms with Gasteiger partial charge < -0.3 is 10.3 Å². The van der Waals surface area contributed by atoms with Crippen molar-refractivity contribution >= 4 is 17.5 Å². The van der Waals surface area contributed by atoms with E-state index in [1.165, 1.54) is 0 Å². The number of nitrogen functional groups attached to an aromatic ring is 1. The van der Waals surface area contributed by atoms with Crippen LogP contribution < -0.4 is 5.73 Å². The van der Waals surface area contributed by atoms with Crippen LogP contribution in [0.15, 0.2) is 29.0 Å². The third-order valence-corrected chi connectivity index (χ3v) is 4.15. The first kappa shape index (κ1) is 15.9. The summed E-state index contributed by atoms with van der Waals surface area (Å²) in [5, 5.41) is 3.71. The first-order valence-corrected chi connectivity index (χ1v) is 7.83. The second-order valence-electron chi connectivity index (χ2n) is 5.91.